The number of benzene rings is 2. The number of ether oxygens (including phenoxy) is 2. The molecule has 0 aliphatic carbocycles. The van der Waals surface area contributed by atoms with Crippen molar-refractivity contribution in [2.45, 2.75) is 44.8 Å². The van der Waals surface area contributed by atoms with E-state index in [1.54, 1.807) is 38.0 Å². The number of halogens is 1. The molecule has 2 aromatic carbocycles. The van der Waals surface area contributed by atoms with E-state index in [1.165, 1.54) is 12.1 Å². The average Bonchev–Trinajstić information content (AvgIpc) is 2.71. The Hall–Kier alpha value is -2.70. The summed E-state index contributed by atoms with van der Waals surface area (Å²) in [5, 5.41) is 1.58. The van der Waals surface area contributed by atoms with E-state index in [9.17, 15) is 9.18 Å². The lowest BCUT2D eigenvalue weighted by Gasteiger charge is -2.37. The van der Waals surface area contributed by atoms with E-state index < -0.39 is 11.8 Å². The summed E-state index contributed by atoms with van der Waals surface area (Å²) in [6, 6.07) is 16.5. The first-order valence-electron chi connectivity index (χ1n) is 10.5. The number of hydrogen-bond acceptors (Lipinski definition) is 5. The van der Waals surface area contributed by atoms with E-state index in [0.717, 1.165) is 11.1 Å². The molecule has 5 nitrogen and oxygen atoms in total. The molecule has 0 saturated carbocycles. The van der Waals surface area contributed by atoms with Crippen LogP contribution in [0.4, 0.5) is 9.18 Å². The van der Waals surface area contributed by atoms with Gasteiger partial charge in [0.15, 0.2) is 0 Å². The van der Waals surface area contributed by atoms with Crippen molar-refractivity contribution in [2.24, 2.45) is 0 Å². The maximum atomic E-state index is 13.4. The highest BCUT2D eigenvalue weighted by Crippen LogP contribution is 2.31. The summed E-state index contributed by atoms with van der Waals surface area (Å²) in [6.07, 6.45) is 3.73. The van der Waals surface area contributed by atoms with Crippen LogP contribution in [0, 0.1) is 5.82 Å². The summed E-state index contributed by atoms with van der Waals surface area (Å²) >= 11 is 0. The average molecular weight is 428 g/mol. The van der Waals surface area contributed by atoms with Crippen molar-refractivity contribution in [3.8, 4) is 0 Å². The van der Waals surface area contributed by atoms with Crippen LogP contribution in [-0.2, 0) is 14.3 Å². The van der Waals surface area contributed by atoms with Crippen molar-refractivity contribution >= 4 is 12.2 Å². The number of hydroxylamine groups is 2. The second-order valence-electron chi connectivity index (χ2n) is 8.58. The Bertz CT molecular complexity index is 861. The molecule has 1 heterocycles. The third-order valence-electron chi connectivity index (χ3n) is 4.93. The fraction of sp³-hybridized carbons (Fsp3) is 0.400. The van der Waals surface area contributed by atoms with Crippen LogP contribution in [-0.4, -0.2) is 42.6 Å². The molecule has 166 valence electrons. The molecule has 2 atom stereocenters. The Labute approximate surface area is 183 Å². The highest BCUT2D eigenvalue weighted by Gasteiger charge is 2.33. The number of rotatable bonds is 6. The van der Waals surface area contributed by atoms with Crippen LogP contribution in [0.3, 0.4) is 0 Å². The van der Waals surface area contributed by atoms with Crippen LogP contribution in [0.15, 0.2) is 60.7 Å². The third-order valence-corrected chi connectivity index (χ3v) is 4.93. The van der Waals surface area contributed by atoms with Gasteiger partial charge in [0.25, 0.3) is 0 Å². The molecule has 0 N–H and O–H groups in total. The van der Waals surface area contributed by atoms with Gasteiger partial charge >= 0.3 is 6.16 Å². The summed E-state index contributed by atoms with van der Waals surface area (Å²) in [5.74, 6) is -0.193. The quantitative estimate of drug-likeness (QED) is 0.563. The fourth-order valence-electron chi connectivity index (χ4n) is 3.53. The molecule has 3 rings (SSSR count). The van der Waals surface area contributed by atoms with Gasteiger partial charge in [-0.2, -0.15) is 0 Å². The van der Waals surface area contributed by atoms with E-state index >= 15 is 0 Å². The monoisotopic (exact) mass is 427 g/mol. The zero-order chi connectivity index (χ0) is 22.3. The van der Waals surface area contributed by atoms with Crippen LogP contribution in [0.5, 0.6) is 0 Å². The summed E-state index contributed by atoms with van der Waals surface area (Å²) in [4.78, 5) is 17.5. The number of carbonyl (C=O) groups is 1. The van der Waals surface area contributed by atoms with Gasteiger partial charge < -0.3 is 14.3 Å². The maximum absolute atomic E-state index is 13.4. The zero-order valence-corrected chi connectivity index (χ0v) is 18.3. The number of piperidine rings is 1. The van der Waals surface area contributed by atoms with Crippen molar-refractivity contribution in [1.29, 1.82) is 0 Å². The van der Waals surface area contributed by atoms with E-state index in [1.807, 2.05) is 42.5 Å². The largest absolute Gasteiger partial charge is 0.528 e. The van der Waals surface area contributed by atoms with E-state index in [0.29, 0.717) is 26.1 Å². The Balaban J connectivity index is 1.64. The summed E-state index contributed by atoms with van der Waals surface area (Å²) in [6.45, 7) is 6.74. The van der Waals surface area contributed by atoms with Gasteiger partial charge in [-0.15, -0.1) is 5.06 Å². The smallest absolute Gasteiger partial charge is 0.427 e. The van der Waals surface area contributed by atoms with Gasteiger partial charge in [0.1, 0.15) is 11.4 Å². The minimum absolute atomic E-state index is 0.0733. The molecule has 1 fully saturated rings. The Morgan fingerprint density at radius 1 is 1.13 bits per heavy atom. The highest BCUT2D eigenvalue weighted by molar-refractivity contribution is 5.60. The highest BCUT2D eigenvalue weighted by atomic mass is 19.1. The molecule has 0 bridgehead atoms. The van der Waals surface area contributed by atoms with Gasteiger partial charge in [0.2, 0.25) is 0 Å². The molecule has 0 radical (unpaired) electrons. The normalized spacial score (nSPS) is 20.0. The first-order valence-corrected chi connectivity index (χ1v) is 10.5. The topological polar surface area (TPSA) is 48.0 Å². The molecule has 0 spiro atoms. The molecular formula is C25H30FNO4. The molecular weight excluding hydrogens is 397 g/mol. The van der Waals surface area contributed by atoms with Crippen LogP contribution < -0.4 is 0 Å². The molecule has 1 aliphatic heterocycles. The standard InChI is InChI=1S/C25H30FNO4/c1-25(2,3)30-24(28)31-27-16-15-22(20-11-13-21(26)14-12-20)23(18-27)29-17-7-10-19-8-5-4-6-9-19/h4-14,22-23H,15-18H2,1-3H3/b10-7+. The summed E-state index contributed by atoms with van der Waals surface area (Å²) < 4.78 is 24.8. The number of nitrogens with zero attached hydrogens (tertiary/aromatic N) is 1. The van der Waals surface area contributed by atoms with Gasteiger partial charge in [-0.25, -0.2) is 9.18 Å². The Kier molecular flexibility index (Phi) is 7.82. The second-order valence-corrected chi connectivity index (χ2v) is 8.58. The first-order chi connectivity index (χ1) is 14.8. The van der Waals surface area contributed by atoms with Crippen molar-refractivity contribution in [3.63, 3.8) is 0 Å². The van der Waals surface area contributed by atoms with E-state index in [-0.39, 0.29) is 17.8 Å². The molecule has 6 heteroatoms. The van der Waals surface area contributed by atoms with Crippen molar-refractivity contribution in [1.82, 2.24) is 5.06 Å². The molecule has 1 saturated heterocycles. The predicted molar refractivity (Wildman–Crippen MR) is 118 cm³/mol. The van der Waals surface area contributed by atoms with E-state index in [2.05, 4.69) is 0 Å². The fourth-order valence-corrected chi connectivity index (χ4v) is 3.53. The van der Waals surface area contributed by atoms with Crippen LogP contribution in [0.1, 0.15) is 44.2 Å². The van der Waals surface area contributed by atoms with Gasteiger partial charge in [-0.1, -0.05) is 54.6 Å². The van der Waals surface area contributed by atoms with Crippen molar-refractivity contribution < 1.29 is 23.5 Å². The van der Waals surface area contributed by atoms with Crippen LogP contribution >= 0.6 is 0 Å². The number of hydrogen-bond donors (Lipinski definition) is 0. The Morgan fingerprint density at radius 3 is 2.52 bits per heavy atom. The molecule has 1 aliphatic rings. The van der Waals surface area contributed by atoms with Gasteiger partial charge in [0.05, 0.1) is 19.3 Å². The van der Waals surface area contributed by atoms with Gasteiger partial charge in [-0.3, -0.25) is 0 Å². The number of carbonyl (C=O) groups excluding carboxylic acids is 1. The molecule has 31 heavy (non-hydrogen) atoms. The lowest BCUT2D eigenvalue weighted by Crippen LogP contribution is -2.45. The zero-order valence-electron chi connectivity index (χ0n) is 18.3. The Morgan fingerprint density at radius 2 is 1.84 bits per heavy atom. The van der Waals surface area contributed by atoms with Crippen LogP contribution in [0.2, 0.25) is 0 Å². The third kappa shape index (κ3) is 7.49. The second kappa shape index (κ2) is 10.6. The minimum Gasteiger partial charge on any atom is -0.427 e. The SMILES string of the molecule is CC(C)(C)OC(=O)ON1CCC(c2ccc(F)cc2)C(OC/C=C/c2ccccc2)C1. The van der Waals surface area contributed by atoms with Crippen molar-refractivity contribution in [3.05, 3.63) is 77.6 Å². The van der Waals surface area contributed by atoms with Gasteiger partial charge in [-0.05, 0) is 50.5 Å². The first kappa shape index (κ1) is 23.0. The molecule has 2 unspecified atom stereocenters. The lowest BCUT2D eigenvalue weighted by molar-refractivity contribution is -0.176. The molecule has 0 amide bonds. The predicted octanol–water partition coefficient (Wildman–Crippen LogP) is 5.58. The van der Waals surface area contributed by atoms with Gasteiger partial charge in [0, 0.05) is 12.5 Å². The lowest BCUT2D eigenvalue weighted by atomic mass is 9.87. The summed E-state index contributed by atoms with van der Waals surface area (Å²) in [7, 11) is 0. The molecule has 0 aromatic heterocycles. The summed E-state index contributed by atoms with van der Waals surface area (Å²) in [5.41, 5.74) is 1.48. The minimum atomic E-state index is -0.726. The van der Waals surface area contributed by atoms with Crippen LogP contribution in [0.25, 0.3) is 6.08 Å². The maximum Gasteiger partial charge on any atom is 0.528 e. The van der Waals surface area contributed by atoms with Crippen molar-refractivity contribution in [2.75, 3.05) is 19.7 Å². The van der Waals surface area contributed by atoms with E-state index in [4.69, 9.17) is 14.3 Å². The molecule has 2 aromatic rings.